The highest BCUT2D eigenvalue weighted by Crippen LogP contribution is 2.29. The Kier molecular flexibility index (Phi) is 6.22. The minimum Gasteiger partial charge on any atom is -0.493 e. The average Bonchev–Trinajstić information content (AvgIpc) is 2.66. The Balaban J connectivity index is 1.98. The van der Waals surface area contributed by atoms with Gasteiger partial charge in [-0.1, -0.05) is 35.5 Å². The van der Waals surface area contributed by atoms with E-state index in [1.165, 1.54) is 7.11 Å². The zero-order chi connectivity index (χ0) is 18.2. The normalized spacial score (nSPS) is 12.2. The Bertz CT molecular complexity index is 747. The van der Waals surface area contributed by atoms with Gasteiger partial charge < -0.3 is 25.4 Å². The molecular weight excluding hydrogens is 322 g/mol. The summed E-state index contributed by atoms with van der Waals surface area (Å²) in [5, 5.41) is 6.53. The molecule has 2 aromatic rings. The summed E-state index contributed by atoms with van der Waals surface area (Å²) >= 11 is 0. The fraction of sp³-hybridized carbons (Fsp3) is 0.222. The first-order valence-corrected chi connectivity index (χ1v) is 7.62. The third kappa shape index (κ3) is 4.87. The first-order valence-electron chi connectivity index (χ1n) is 7.62. The Hall–Kier alpha value is -3.22. The van der Waals surface area contributed by atoms with Gasteiger partial charge in [0.15, 0.2) is 17.3 Å². The molecule has 1 unspecified atom stereocenters. The molecule has 0 saturated carbocycles. The Morgan fingerprint density at radius 2 is 1.76 bits per heavy atom. The number of nitrogens with two attached hydrogens (primary N) is 1. The van der Waals surface area contributed by atoms with Gasteiger partial charge in [-0.05, 0) is 19.1 Å². The number of rotatable bonds is 7. The van der Waals surface area contributed by atoms with Crippen LogP contribution >= 0.6 is 0 Å². The molecule has 3 N–H and O–H groups in total. The SMILES string of the molecule is COc1ccc(NC(=O)C(C)O/N=C(\N)c2ccccc2)cc1OC. The maximum absolute atomic E-state index is 12.2. The highest BCUT2D eigenvalue weighted by atomic mass is 16.6. The van der Waals surface area contributed by atoms with E-state index in [-0.39, 0.29) is 11.7 Å². The number of carbonyl (C=O) groups excluding carboxylic acids is 1. The Morgan fingerprint density at radius 1 is 1.08 bits per heavy atom. The van der Waals surface area contributed by atoms with Crippen LogP contribution in [0.3, 0.4) is 0 Å². The number of nitrogens with one attached hydrogen (secondary N) is 1. The van der Waals surface area contributed by atoms with Gasteiger partial charge in [-0.2, -0.15) is 0 Å². The van der Waals surface area contributed by atoms with Crippen LogP contribution in [-0.4, -0.2) is 32.1 Å². The zero-order valence-electron chi connectivity index (χ0n) is 14.4. The van der Waals surface area contributed by atoms with E-state index in [2.05, 4.69) is 10.5 Å². The molecule has 1 atom stereocenters. The predicted molar refractivity (Wildman–Crippen MR) is 95.9 cm³/mol. The van der Waals surface area contributed by atoms with E-state index in [0.29, 0.717) is 17.2 Å². The summed E-state index contributed by atoms with van der Waals surface area (Å²) in [6, 6.07) is 14.2. The number of amides is 1. The van der Waals surface area contributed by atoms with Crippen molar-refractivity contribution < 1.29 is 19.1 Å². The number of benzene rings is 2. The van der Waals surface area contributed by atoms with Gasteiger partial charge in [0, 0.05) is 17.3 Å². The predicted octanol–water partition coefficient (Wildman–Crippen LogP) is 2.37. The number of carbonyl (C=O) groups is 1. The Labute approximate surface area is 146 Å². The van der Waals surface area contributed by atoms with Crippen molar-refractivity contribution in [3.05, 3.63) is 54.1 Å². The number of hydrogen-bond acceptors (Lipinski definition) is 5. The summed E-state index contributed by atoms with van der Waals surface area (Å²) in [7, 11) is 3.07. The van der Waals surface area contributed by atoms with Crippen molar-refractivity contribution in [2.24, 2.45) is 10.9 Å². The van der Waals surface area contributed by atoms with Gasteiger partial charge in [0.1, 0.15) is 0 Å². The molecule has 0 radical (unpaired) electrons. The highest BCUT2D eigenvalue weighted by molar-refractivity contribution is 5.97. The topological polar surface area (TPSA) is 95.2 Å². The number of ether oxygens (including phenoxy) is 2. The maximum Gasteiger partial charge on any atom is 0.267 e. The summed E-state index contributed by atoms with van der Waals surface area (Å²) in [4.78, 5) is 17.4. The van der Waals surface area contributed by atoms with Crippen molar-refractivity contribution >= 4 is 17.4 Å². The molecule has 25 heavy (non-hydrogen) atoms. The molecule has 0 aliphatic heterocycles. The molecule has 2 aromatic carbocycles. The van der Waals surface area contributed by atoms with E-state index in [0.717, 1.165) is 5.56 Å². The smallest absolute Gasteiger partial charge is 0.267 e. The van der Waals surface area contributed by atoms with E-state index < -0.39 is 6.10 Å². The number of amidine groups is 1. The van der Waals surface area contributed by atoms with Crippen LogP contribution in [0.2, 0.25) is 0 Å². The van der Waals surface area contributed by atoms with Crippen molar-refractivity contribution in [3.63, 3.8) is 0 Å². The van der Waals surface area contributed by atoms with E-state index in [1.807, 2.05) is 18.2 Å². The molecule has 0 fully saturated rings. The quantitative estimate of drug-likeness (QED) is 0.457. The third-order valence-electron chi connectivity index (χ3n) is 3.40. The van der Waals surface area contributed by atoms with Crippen LogP contribution in [-0.2, 0) is 9.63 Å². The van der Waals surface area contributed by atoms with Gasteiger partial charge in [-0.3, -0.25) is 4.79 Å². The lowest BCUT2D eigenvalue weighted by Crippen LogP contribution is -2.27. The molecule has 7 nitrogen and oxygen atoms in total. The Morgan fingerprint density at radius 3 is 2.40 bits per heavy atom. The van der Waals surface area contributed by atoms with E-state index >= 15 is 0 Å². The molecule has 0 bridgehead atoms. The first kappa shape index (κ1) is 18.1. The second-order valence-corrected chi connectivity index (χ2v) is 5.15. The van der Waals surface area contributed by atoms with Gasteiger partial charge in [0.05, 0.1) is 14.2 Å². The van der Waals surface area contributed by atoms with E-state index in [1.54, 1.807) is 44.4 Å². The van der Waals surface area contributed by atoms with Gasteiger partial charge in [-0.25, -0.2) is 0 Å². The van der Waals surface area contributed by atoms with Crippen LogP contribution in [0.5, 0.6) is 11.5 Å². The number of nitrogens with zero attached hydrogens (tertiary/aromatic N) is 1. The molecule has 0 aliphatic carbocycles. The van der Waals surface area contributed by atoms with Crippen molar-refractivity contribution in [1.82, 2.24) is 0 Å². The zero-order valence-corrected chi connectivity index (χ0v) is 14.4. The summed E-state index contributed by atoms with van der Waals surface area (Å²) in [5.41, 5.74) is 7.10. The van der Waals surface area contributed by atoms with Crippen LogP contribution in [0.1, 0.15) is 12.5 Å². The molecular formula is C18H21N3O4. The van der Waals surface area contributed by atoms with Crippen LogP contribution in [0.25, 0.3) is 0 Å². The second kappa shape index (κ2) is 8.58. The average molecular weight is 343 g/mol. The molecule has 0 aromatic heterocycles. The molecule has 0 saturated heterocycles. The minimum absolute atomic E-state index is 0.200. The lowest BCUT2D eigenvalue weighted by atomic mass is 10.2. The fourth-order valence-electron chi connectivity index (χ4n) is 2.00. The molecule has 132 valence electrons. The number of methoxy groups -OCH3 is 2. The lowest BCUT2D eigenvalue weighted by molar-refractivity contribution is -0.126. The lowest BCUT2D eigenvalue weighted by Gasteiger charge is -2.13. The van der Waals surface area contributed by atoms with Gasteiger partial charge in [-0.15, -0.1) is 0 Å². The molecule has 1 amide bonds. The standard InChI is InChI=1S/C18H21N3O4/c1-12(25-21-17(19)13-7-5-4-6-8-13)18(22)20-14-9-10-15(23-2)16(11-14)24-3/h4-12H,1-3H3,(H2,19,21)(H,20,22). The highest BCUT2D eigenvalue weighted by Gasteiger charge is 2.16. The summed E-state index contributed by atoms with van der Waals surface area (Å²) < 4.78 is 10.4. The van der Waals surface area contributed by atoms with Gasteiger partial charge in [0.25, 0.3) is 5.91 Å². The molecule has 0 heterocycles. The monoisotopic (exact) mass is 343 g/mol. The van der Waals surface area contributed by atoms with Gasteiger partial charge >= 0.3 is 0 Å². The molecule has 2 rings (SSSR count). The van der Waals surface area contributed by atoms with Crippen LogP contribution in [0.15, 0.2) is 53.7 Å². The van der Waals surface area contributed by atoms with Crippen LogP contribution < -0.4 is 20.5 Å². The second-order valence-electron chi connectivity index (χ2n) is 5.15. The fourth-order valence-corrected chi connectivity index (χ4v) is 2.00. The number of oxime groups is 1. The molecule has 7 heteroatoms. The van der Waals surface area contributed by atoms with E-state index in [9.17, 15) is 4.79 Å². The van der Waals surface area contributed by atoms with Crippen LogP contribution in [0, 0.1) is 0 Å². The van der Waals surface area contributed by atoms with Gasteiger partial charge in [0.2, 0.25) is 6.10 Å². The minimum atomic E-state index is -0.824. The summed E-state index contributed by atoms with van der Waals surface area (Å²) in [6.45, 7) is 1.58. The summed E-state index contributed by atoms with van der Waals surface area (Å²) in [6.07, 6.45) is -0.824. The van der Waals surface area contributed by atoms with E-state index in [4.69, 9.17) is 20.0 Å². The van der Waals surface area contributed by atoms with Crippen molar-refractivity contribution in [1.29, 1.82) is 0 Å². The van der Waals surface area contributed by atoms with Crippen molar-refractivity contribution in [3.8, 4) is 11.5 Å². The maximum atomic E-state index is 12.2. The number of hydrogen-bond donors (Lipinski definition) is 2. The summed E-state index contributed by atoms with van der Waals surface area (Å²) in [5.74, 6) is 0.924. The third-order valence-corrected chi connectivity index (χ3v) is 3.40. The first-order chi connectivity index (χ1) is 12.0. The van der Waals surface area contributed by atoms with Crippen molar-refractivity contribution in [2.75, 3.05) is 19.5 Å². The van der Waals surface area contributed by atoms with Crippen LogP contribution in [0.4, 0.5) is 5.69 Å². The number of anilines is 1. The van der Waals surface area contributed by atoms with Crippen molar-refractivity contribution in [2.45, 2.75) is 13.0 Å². The largest absolute Gasteiger partial charge is 0.493 e. The molecule has 0 aliphatic rings. The molecule has 0 spiro atoms.